The number of carbonyl (C=O) groups is 1. The minimum Gasteiger partial charge on any atom is -0.291 e. The van der Waals surface area contributed by atoms with Crippen LogP contribution in [-0.4, -0.2) is 20.5 Å². The summed E-state index contributed by atoms with van der Waals surface area (Å²) in [5.74, 6) is -0.388. The molecule has 0 saturated carbocycles. The van der Waals surface area contributed by atoms with E-state index in [1.54, 1.807) is 0 Å². The van der Waals surface area contributed by atoms with Crippen molar-refractivity contribution in [3.8, 4) is 0 Å². The number of carbonyl (C=O) groups excluding carboxylic acids is 1. The molecule has 0 N–H and O–H groups in total. The van der Waals surface area contributed by atoms with Gasteiger partial charge in [0.05, 0.1) is 11.1 Å². The van der Waals surface area contributed by atoms with E-state index in [1.165, 1.54) is 13.1 Å². The van der Waals surface area contributed by atoms with Crippen LogP contribution in [0.4, 0.5) is 13.2 Å². The topological polar surface area (TPSA) is 47.8 Å². The highest BCUT2D eigenvalue weighted by molar-refractivity contribution is 7.17. The molecule has 1 unspecified atom stereocenters. The standard InChI is InChI=1S/C10H7ClF3N3OS/c1-5(8(18)6-4-15-9(11)19-6)17-3-2-7(16-17)10(12,13)14/h2-5H,1H3. The van der Waals surface area contributed by atoms with Gasteiger partial charge in [0.25, 0.3) is 0 Å². The largest absolute Gasteiger partial charge is 0.435 e. The maximum atomic E-state index is 12.4. The molecule has 2 rings (SSSR count). The molecule has 1 atom stereocenters. The minimum atomic E-state index is -4.53. The summed E-state index contributed by atoms with van der Waals surface area (Å²) >= 11 is 6.58. The van der Waals surface area contributed by atoms with Gasteiger partial charge < -0.3 is 0 Å². The number of aromatic nitrogens is 3. The van der Waals surface area contributed by atoms with E-state index in [9.17, 15) is 18.0 Å². The highest BCUT2D eigenvalue weighted by Gasteiger charge is 2.34. The first-order valence-corrected chi connectivity index (χ1v) is 6.26. The summed E-state index contributed by atoms with van der Waals surface area (Å²) in [4.78, 5) is 16.0. The van der Waals surface area contributed by atoms with Crippen molar-refractivity contribution < 1.29 is 18.0 Å². The Morgan fingerprint density at radius 1 is 1.53 bits per heavy atom. The van der Waals surface area contributed by atoms with Gasteiger partial charge in [-0.15, -0.1) is 0 Å². The Morgan fingerprint density at radius 2 is 2.21 bits per heavy atom. The average molecular weight is 310 g/mol. The van der Waals surface area contributed by atoms with Crippen LogP contribution in [0.3, 0.4) is 0 Å². The molecule has 0 amide bonds. The first-order valence-electron chi connectivity index (χ1n) is 5.07. The SMILES string of the molecule is CC(C(=O)c1cnc(Cl)s1)n1ccc(C(F)(F)F)n1. The number of thiazole rings is 1. The maximum Gasteiger partial charge on any atom is 0.435 e. The van der Waals surface area contributed by atoms with Crippen LogP contribution in [0.1, 0.15) is 28.3 Å². The molecule has 2 heterocycles. The van der Waals surface area contributed by atoms with Crippen molar-refractivity contribution in [2.24, 2.45) is 0 Å². The Morgan fingerprint density at radius 3 is 2.68 bits per heavy atom. The summed E-state index contributed by atoms with van der Waals surface area (Å²) < 4.78 is 38.4. The lowest BCUT2D eigenvalue weighted by Gasteiger charge is -2.09. The third-order valence-electron chi connectivity index (χ3n) is 2.40. The van der Waals surface area contributed by atoms with Crippen molar-refractivity contribution in [3.63, 3.8) is 0 Å². The Bertz CT molecular complexity index is 607. The number of rotatable bonds is 3. The molecule has 0 aliphatic rings. The molecular formula is C10H7ClF3N3OS. The minimum absolute atomic E-state index is 0.201. The molecule has 0 saturated heterocycles. The van der Waals surface area contributed by atoms with Crippen LogP contribution in [-0.2, 0) is 6.18 Å². The van der Waals surface area contributed by atoms with E-state index in [0.29, 0.717) is 0 Å². The van der Waals surface area contributed by atoms with E-state index in [4.69, 9.17) is 11.6 Å². The van der Waals surface area contributed by atoms with E-state index < -0.39 is 17.9 Å². The molecular weight excluding hydrogens is 303 g/mol. The second-order valence-corrected chi connectivity index (χ2v) is 5.31. The van der Waals surface area contributed by atoms with Crippen molar-refractivity contribution in [3.05, 3.63) is 33.5 Å². The van der Waals surface area contributed by atoms with Gasteiger partial charge in [0.2, 0.25) is 0 Å². The van der Waals surface area contributed by atoms with Crippen LogP contribution in [0, 0.1) is 0 Å². The molecule has 0 fully saturated rings. The molecule has 2 aromatic rings. The van der Waals surface area contributed by atoms with Gasteiger partial charge in [-0.2, -0.15) is 18.3 Å². The van der Waals surface area contributed by atoms with Gasteiger partial charge >= 0.3 is 6.18 Å². The van der Waals surface area contributed by atoms with Crippen molar-refractivity contribution >= 4 is 28.7 Å². The van der Waals surface area contributed by atoms with Crippen molar-refractivity contribution in [2.45, 2.75) is 19.1 Å². The molecule has 0 aliphatic heterocycles. The van der Waals surface area contributed by atoms with Gasteiger partial charge in [0.1, 0.15) is 6.04 Å². The molecule has 9 heteroatoms. The molecule has 19 heavy (non-hydrogen) atoms. The average Bonchev–Trinajstić information content (AvgIpc) is 2.94. The summed E-state index contributed by atoms with van der Waals surface area (Å²) in [6.45, 7) is 1.46. The molecule has 2 aromatic heterocycles. The first-order chi connectivity index (χ1) is 8.79. The fraction of sp³-hybridized carbons (Fsp3) is 0.300. The van der Waals surface area contributed by atoms with E-state index in [2.05, 4.69) is 10.1 Å². The number of hydrogen-bond acceptors (Lipinski definition) is 4. The molecule has 0 bridgehead atoms. The molecule has 0 radical (unpaired) electrons. The Hall–Kier alpha value is -1.41. The number of halogens is 4. The van der Waals surface area contributed by atoms with Crippen molar-refractivity contribution in [1.82, 2.24) is 14.8 Å². The number of alkyl halides is 3. The maximum absolute atomic E-state index is 12.4. The second kappa shape index (κ2) is 4.93. The fourth-order valence-electron chi connectivity index (χ4n) is 1.40. The predicted molar refractivity (Wildman–Crippen MR) is 63.4 cm³/mol. The highest BCUT2D eigenvalue weighted by Crippen LogP contribution is 2.28. The first kappa shape index (κ1) is 14.0. The number of nitrogens with zero attached hydrogens (tertiary/aromatic N) is 3. The zero-order chi connectivity index (χ0) is 14.2. The zero-order valence-corrected chi connectivity index (χ0v) is 11.1. The predicted octanol–water partition coefficient (Wildman–Crippen LogP) is 3.46. The Labute approximate surface area is 114 Å². The lowest BCUT2D eigenvalue weighted by atomic mass is 10.2. The summed E-state index contributed by atoms with van der Waals surface area (Å²) in [6, 6.07) is -0.0312. The van der Waals surface area contributed by atoms with Gasteiger partial charge in [0.15, 0.2) is 15.9 Å². The lowest BCUT2D eigenvalue weighted by molar-refractivity contribution is -0.141. The second-order valence-electron chi connectivity index (χ2n) is 3.70. The lowest BCUT2D eigenvalue weighted by Crippen LogP contribution is -2.17. The number of Topliss-reactive ketones (excluding diaryl/α,β-unsaturated/α-hetero) is 1. The molecule has 4 nitrogen and oxygen atoms in total. The molecule has 0 spiro atoms. The van der Waals surface area contributed by atoms with Crippen LogP contribution >= 0.6 is 22.9 Å². The fourth-order valence-corrected chi connectivity index (χ4v) is 2.36. The molecule has 0 aliphatic carbocycles. The van der Waals surface area contributed by atoms with Crippen LogP contribution in [0.2, 0.25) is 4.47 Å². The smallest absolute Gasteiger partial charge is 0.291 e. The van der Waals surface area contributed by atoms with Crippen LogP contribution in [0.15, 0.2) is 18.5 Å². The van der Waals surface area contributed by atoms with Crippen molar-refractivity contribution in [1.29, 1.82) is 0 Å². The highest BCUT2D eigenvalue weighted by atomic mass is 35.5. The summed E-state index contributed by atoms with van der Waals surface area (Å²) in [5, 5.41) is 3.36. The Balaban J connectivity index is 2.22. The Kier molecular flexibility index (Phi) is 3.64. The van der Waals surface area contributed by atoms with Crippen LogP contribution in [0.25, 0.3) is 0 Å². The third kappa shape index (κ3) is 2.95. The van der Waals surface area contributed by atoms with Crippen LogP contribution < -0.4 is 0 Å². The monoisotopic (exact) mass is 309 g/mol. The molecule has 0 aromatic carbocycles. The number of hydrogen-bond donors (Lipinski definition) is 0. The van der Waals surface area contributed by atoms with E-state index in [0.717, 1.165) is 28.3 Å². The van der Waals surface area contributed by atoms with Gasteiger partial charge in [-0.25, -0.2) is 4.98 Å². The van der Waals surface area contributed by atoms with Crippen LogP contribution in [0.5, 0.6) is 0 Å². The van der Waals surface area contributed by atoms with Gasteiger partial charge in [-0.05, 0) is 13.0 Å². The third-order valence-corrected chi connectivity index (χ3v) is 3.52. The van der Waals surface area contributed by atoms with Gasteiger partial charge in [0, 0.05) is 6.20 Å². The van der Waals surface area contributed by atoms with E-state index >= 15 is 0 Å². The van der Waals surface area contributed by atoms with Gasteiger partial charge in [-0.1, -0.05) is 22.9 Å². The van der Waals surface area contributed by atoms with Gasteiger partial charge in [-0.3, -0.25) is 9.48 Å². The summed E-state index contributed by atoms with van der Waals surface area (Å²) in [7, 11) is 0. The normalized spacial score (nSPS) is 13.5. The van der Waals surface area contributed by atoms with E-state index in [-0.39, 0.29) is 15.1 Å². The zero-order valence-electron chi connectivity index (χ0n) is 9.48. The van der Waals surface area contributed by atoms with Crippen molar-refractivity contribution in [2.75, 3.05) is 0 Å². The quantitative estimate of drug-likeness (QED) is 0.816. The summed E-state index contributed by atoms with van der Waals surface area (Å²) in [6.07, 6.45) is -2.12. The summed E-state index contributed by atoms with van der Waals surface area (Å²) in [5.41, 5.74) is -1.03. The van der Waals surface area contributed by atoms with E-state index in [1.807, 2.05) is 0 Å². The number of ketones is 1. The molecule has 102 valence electrons.